The molecule has 0 atom stereocenters. The van der Waals surface area contributed by atoms with Crippen LogP contribution in [-0.4, -0.2) is 40.8 Å². The van der Waals surface area contributed by atoms with Crippen LogP contribution >= 0.6 is 11.8 Å². The smallest absolute Gasteiger partial charge is 0.163 e. The van der Waals surface area contributed by atoms with Crippen LogP contribution in [0.5, 0.6) is 0 Å². The zero-order chi connectivity index (χ0) is 19.2. The zero-order valence-corrected chi connectivity index (χ0v) is 16.7. The minimum Gasteiger partial charge on any atom is -0.355 e. The highest BCUT2D eigenvalue weighted by molar-refractivity contribution is 7.99. The summed E-state index contributed by atoms with van der Waals surface area (Å²) in [5.74, 6) is 4.61. The van der Waals surface area contributed by atoms with Crippen LogP contribution in [0.1, 0.15) is 11.1 Å². The van der Waals surface area contributed by atoms with Crippen molar-refractivity contribution in [3.05, 3.63) is 71.8 Å². The first-order valence-electron chi connectivity index (χ1n) is 9.41. The monoisotopic (exact) mass is 389 g/mol. The molecular weight excluding hydrogens is 366 g/mol. The number of thioether (sulfide) groups is 1. The quantitative estimate of drug-likeness (QED) is 0.516. The van der Waals surface area contributed by atoms with Crippen LogP contribution in [0.25, 0.3) is 11.4 Å². The maximum atomic E-state index is 4.82. The highest BCUT2D eigenvalue weighted by atomic mass is 32.2. The summed E-state index contributed by atoms with van der Waals surface area (Å²) in [6.45, 7) is 4.08. The van der Waals surface area contributed by atoms with Crippen LogP contribution in [0.4, 0.5) is 11.6 Å². The number of nitrogens with one attached hydrogen (secondary N) is 1. The lowest BCUT2D eigenvalue weighted by molar-refractivity contribution is 0.836. The standard InChI is InChI=1S/C22H23N5S/c1-17-6-5-7-18(14-17)16-23-26-20-15-21(27-10-12-28-13-11-27)25-22(24-20)19-8-3-2-4-9-19/h2-9,14-16H,10-13H2,1H3,(H,24,25,26)/b23-16+. The van der Waals surface area contributed by atoms with Gasteiger partial charge in [0, 0.05) is 36.2 Å². The molecule has 2 heterocycles. The molecule has 0 bridgehead atoms. The zero-order valence-electron chi connectivity index (χ0n) is 15.9. The van der Waals surface area contributed by atoms with Crippen molar-refractivity contribution in [2.75, 3.05) is 34.9 Å². The normalized spacial score (nSPS) is 14.4. The van der Waals surface area contributed by atoms with Crippen LogP contribution in [0.3, 0.4) is 0 Å². The van der Waals surface area contributed by atoms with Gasteiger partial charge in [0.2, 0.25) is 0 Å². The molecule has 0 saturated carbocycles. The first-order chi connectivity index (χ1) is 13.8. The average molecular weight is 390 g/mol. The second-order valence-electron chi connectivity index (χ2n) is 6.68. The Hall–Kier alpha value is -2.86. The molecule has 0 amide bonds. The van der Waals surface area contributed by atoms with Gasteiger partial charge in [0.15, 0.2) is 11.6 Å². The van der Waals surface area contributed by atoms with E-state index in [0.717, 1.165) is 41.5 Å². The number of rotatable bonds is 5. The molecule has 1 aliphatic heterocycles. The van der Waals surface area contributed by atoms with Gasteiger partial charge >= 0.3 is 0 Å². The van der Waals surface area contributed by atoms with E-state index in [1.807, 2.05) is 66.5 Å². The fourth-order valence-electron chi connectivity index (χ4n) is 3.09. The van der Waals surface area contributed by atoms with E-state index in [1.54, 1.807) is 0 Å². The molecule has 1 saturated heterocycles. The summed E-state index contributed by atoms with van der Waals surface area (Å²) in [5.41, 5.74) is 6.35. The van der Waals surface area contributed by atoms with E-state index in [1.165, 1.54) is 5.56 Å². The maximum absolute atomic E-state index is 4.82. The molecule has 4 rings (SSSR count). The predicted octanol–water partition coefficient (Wildman–Crippen LogP) is 4.45. The molecular formula is C22H23N5S. The molecule has 0 spiro atoms. The Morgan fingerprint density at radius 3 is 2.61 bits per heavy atom. The van der Waals surface area contributed by atoms with Gasteiger partial charge in [-0.25, -0.2) is 9.97 Å². The van der Waals surface area contributed by atoms with Gasteiger partial charge in [0.05, 0.1) is 6.21 Å². The fourth-order valence-corrected chi connectivity index (χ4v) is 3.99. The molecule has 5 nitrogen and oxygen atoms in total. The van der Waals surface area contributed by atoms with Crippen molar-refractivity contribution in [3.63, 3.8) is 0 Å². The Morgan fingerprint density at radius 2 is 1.82 bits per heavy atom. The summed E-state index contributed by atoms with van der Waals surface area (Å²) < 4.78 is 0. The van der Waals surface area contributed by atoms with Crippen LogP contribution in [0.15, 0.2) is 65.8 Å². The second-order valence-corrected chi connectivity index (χ2v) is 7.91. The number of anilines is 2. The summed E-state index contributed by atoms with van der Waals surface area (Å²) >= 11 is 1.99. The average Bonchev–Trinajstić information content (AvgIpc) is 2.75. The molecule has 142 valence electrons. The van der Waals surface area contributed by atoms with E-state index in [2.05, 4.69) is 39.5 Å². The topological polar surface area (TPSA) is 53.4 Å². The van der Waals surface area contributed by atoms with Crippen LogP contribution in [-0.2, 0) is 0 Å². The van der Waals surface area contributed by atoms with E-state index in [4.69, 9.17) is 4.98 Å². The van der Waals surface area contributed by atoms with Gasteiger partial charge in [-0.05, 0) is 12.5 Å². The van der Waals surface area contributed by atoms with E-state index in [-0.39, 0.29) is 0 Å². The second kappa shape index (κ2) is 8.89. The van der Waals surface area contributed by atoms with Gasteiger partial charge in [-0.3, -0.25) is 5.43 Å². The molecule has 0 aliphatic carbocycles. The van der Waals surface area contributed by atoms with Gasteiger partial charge in [0.25, 0.3) is 0 Å². The van der Waals surface area contributed by atoms with E-state index in [0.29, 0.717) is 11.6 Å². The first-order valence-corrected chi connectivity index (χ1v) is 10.6. The van der Waals surface area contributed by atoms with Gasteiger partial charge < -0.3 is 4.90 Å². The van der Waals surface area contributed by atoms with Crippen molar-refractivity contribution in [3.8, 4) is 11.4 Å². The molecule has 1 aromatic heterocycles. The Bertz CT molecular complexity index is 952. The van der Waals surface area contributed by atoms with E-state index in [9.17, 15) is 0 Å². The molecule has 0 radical (unpaired) electrons. The molecule has 3 aromatic rings. The largest absolute Gasteiger partial charge is 0.355 e. The van der Waals surface area contributed by atoms with Crippen LogP contribution in [0.2, 0.25) is 0 Å². The summed E-state index contributed by atoms with van der Waals surface area (Å²) in [6.07, 6.45) is 1.81. The third kappa shape index (κ3) is 4.70. The van der Waals surface area contributed by atoms with Crippen LogP contribution in [0, 0.1) is 6.92 Å². The Kier molecular flexibility index (Phi) is 5.87. The van der Waals surface area contributed by atoms with E-state index < -0.39 is 0 Å². The lowest BCUT2D eigenvalue weighted by atomic mass is 10.2. The minimum atomic E-state index is 0.700. The lowest BCUT2D eigenvalue weighted by Gasteiger charge is -2.27. The number of hydrazone groups is 1. The van der Waals surface area contributed by atoms with Gasteiger partial charge in [0.1, 0.15) is 5.82 Å². The Morgan fingerprint density at radius 1 is 1.00 bits per heavy atom. The highest BCUT2D eigenvalue weighted by Gasteiger charge is 2.15. The molecule has 28 heavy (non-hydrogen) atoms. The highest BCUT2D eigenvalue weighted by Crippen LogP contribution is 2.24. The number of aryl methyl sites for hydroxylation is 1. The van der Waals surface area contributed by atoms with Crippen molar-refractivity contribution in [2.24, 2.45) is 5.10 Å². The minimum absolute atomic E-state index is 0.700. The SMILES string of the molecule is Cc1cccc(/C=N/Nc2cc(N3CCSCC3)nc(-c3ccccc3)n2)c1. The van der Waals surface area contributed by atoms with Crippen LogP contribution < -0.4 is 10.3 Å². The molecule has 1 N–H and O–H groups in total. The Balaban J connectivity index is 1.61. The first kappa shape index (κ1) is 18.5. The molecule has 1 aliphatic rings. The van der Waals surface area contributed by atoms with Gasteiger partial charge in [-0.2, -0.15) is 16.9 Å². The van der Waals surface area contributed by atoms with Gasteiger partial charge in [-0.1, -0.05) is 60.2 Å². The molecule has 2 aromatic carbocycles. The predicted molar refractivity (Wildman–Crippen MR) is 119 cm³/mol. The number of hydrogen-bond acceptors (Lipinski definition) is 6. The number of benzene rings is 2. The summed E-state index contributed by atoms with van der Waals surface area (Å²) in [5, 5.41) is 4.39. The maximum Gasteiger partial charge on any atom is 0.163 e. The lowest BCUT2D eigenvalue weighted by Crippen LogP contribution is -2.33. The molecule has 0 unspecified atom stereocenters. The molecule has 6 heteroatoms. The van der Waals surface area contributed by atoms with Gasteiger partial charge in [-0.15, -0.1) is 0 Å². The third-order valence-electron chi connectivity index (χ3n) is 4.51. The fraction of sp³-hybridized carbons (Fsp3) is 0.227. The van der Waals surface area contributed by atoms with Crippen molar-refractivity contribution in [1.82, 2.24) is 9.97 Å². The summed E-state index contributed by atoms with van der Waals surface area (Å²) in [4.78, 5) is 11.8. The molecule has 1 fully saturated rings. The number of hydrogen-bond donors (Lipinski definition) is 1. The van der Waals surface area contributed by atoms with Crippen molar-refractivity contribution < 1.29 is 0 Å². The number of aromatic nitrogens is 2. The summed E-state index contributed by atoms with van der Waals surface area (Å²) in [7, 11) is 0. The van der Waals surface area contributed by atoms with Crippen molar-refractivity contribution >= 4 is 29.6 Å². The van der Waals surface area contributed by atoms with E-state index >= 15 is 0 Å². The van der Waals surface area contributed by atoms with Crippen molar-refractivity contribution in [1.29, 1.82) is 0 Å². The Labute approximate surface area is 169 Å². The third-order valence-corrected chi connectivity index (χ3v) is 5.46. The summed E-state index contributed by atoms with van der Waals surface area (Å²) in [6, 6.07) is 20.3. The van der Waals surface area contributed by atoms with Crippen molar-refractivity contribution in [2.45, 2.75) is 6.92 Å². The number of nitrogens with zero attached hydrogens (tertiary/aromatic N) is 4.